The van der Waals surface area contributed by atoms with Crippen LogP contribution in [0.5, 0.6) is 11.5 Å². The third-order valence-electron chi connectivity index (χ3n) is 5.24. The number of ether oxygens (including phenoxy) is 2. The molecule has 4 rings (SSSR count). The van der Waals surface area contributed by atoms with Gasteiger partial charge < -0.3 is 25.1 Å². The van der Waals surface area contributed by atoms with Crippen molar-refractivity contribution in [1.29, 1.82) is 0 Å². The third-order valence-corrected chi connectivity index (χ3v) is 5.24. The van der Waals surface area contributed by atoms with Gasteiger partial charge in [-0.3, -0.25) is 0 Å². The second-order valence-corrected chi connectivity index (χ2v) is 7.12. The summed E-state index contributed by atoms with van der Waals surface area (Å²) in [6.45, 7) is 2.13. The molecule has 1 aromatic heterocycles. The van der Waals surface area contributed by atoms with E-state index in [9.17, 15) is 4.79 Å². The van der Waals surface area contributed by atoms with Crippen molar-refractivity contribution in [1.82, 2.24) is 4.98 Å². The van der Waals surface area contributed by atoms with Crippen LogP contribution in [0.2, 0.25) is 0 Å². The first-order valence-corrected chi connectivity index (χ1v) is 10.1. The van der Waals surface area contributed by atoms with Crippen LogP contribution in [0, 0.1) is 0 Å². The minimum absolute atomic E-state index is 0.344. The number of nitrogens with one attached hydrogen (secondary N) is 3. The van der Waals surface area contributed by atoms with Gasteiger partial charge in [-0.2, -0.15) is 0 Å². The fraction of sp³-hybridized carbons (Fsp3) is 0.160. The molecule has 0 saturated carbocycles. The Morgan fingerprint density at radius 2 is 1.65 bits per heavy atom. The molecular weight excluding hydrogens is 390 g/mol. The number of aromatic nitrogens is 1. The van der Waals surface area contributed by atoms with Crippen LogP contribution in [-0.4, -0.2) is 25.2 Å². The first-order chi connectivity index (χ1) is 15.1. The summed E-state index contributed by atoms with van der Waals surface area (Å²) in [4.78, 5) is 16.3. The van der Waals surface area contributed by atoms with Crippen LogP contribution in [0.15, 0.2) is 66.7 Å². The molecule has 0 aliphatic rings. The van der Waals surface area contributed by atoms with Crippen molar-refractivity contribution in [2.45, 2.75) is 13.3 Å². The smallest absolute Gasteiger partial charge is 0.323 e. The third kappa shape index (κ3) is 4.19. The summed E-state index contributed by atoms with van der Waals surface area (Å²) in [5.41, 5.74) is 5.43. The lowest BCUT2D eigenvalue weighted by Gasteiger charge is -2.12. The fourth-order valence-electron chi connectivity index (χ4n) is 3.59. The summed E-state index contributed by atoms with van der Waals surface area (Å²) in [7, 11) is 3.13. The highest BCUT2D eigenvalue weighted by molar-refractivity contribution is 6.10. The number of carbonyl (C=O) groups is 1. The maximum Gasteiger partial charge on any atom is 0.323 e. The molecule has 0 fully saturated rings. The van der Waals surface area contributed by atoms with Gasteiger partial charge in [0.25, 0.3) is 0 Å². The number of methoxy groups -OCH3 is 2. The molecule has 0 unspecified atom stereocenters. The SMILES string of the molecule is CCc1ccc(-c2[nH]c3ccccc3c2NC(=O)Nc2ccc(OC)c(OC)c2)cc1. The normalized spacial score (nSPS) is 10.7. The highest BCUT2D eigenvalue weighted by Gasteiger charge is 2.16. The molecule has 3 aromatic carbocycles. The molecule has 4 aromatic rings. The Morgan fingerprint density at radius 3 is 2.35 bits per heavy atom. The molecule has 2 amide bonds. The molecule has 0 spiro atoms. The predicted octanol–water partition coefficient (Wildman–Crippen LogP) is 6.06. The minimum atomic E-state index is -0.344. The number of H-pyrrole nitrogens is 1. The molecule has 3 N–H and O–H groups in total. The minimum Gasteiger partial charge on any atom is -0.493 e. The van der Waals surface area contributed by atoms with E-state index in [0.717, 1.165) is 34.3 Å². The molecule has 0 bridgehead atoms. The van der Waals surface area contributed by atoms with Crippen molar-refractivity contribution in [2.75, 3.05) is 24.9 Å². The molecule has 6 heteroatoms. The second-order valence-electron chi connectivity index (χ2n) is 7.12. The molecule has 158 valence electrons. The number of carbonyl (C=O) groups excluding carboxylic acids is 1. The van der Waals surface area contributed by atoms with Crippen molar-refractivity contribution in [2.24, 2.45) is 0 Å². The summed E-state index contributed by atoms with van der Waals surface area (Å²) in [5, 5.41) is 6.83. The van der Waals surface area contributed by atoms with E-state index in [-0.39, 0.29) is 6.03 Å². The Bertz CT molecular complexity index is 1210. The molecule has 1 heterocycles. The van der Waals surface area contributed by atoms with Crippen LogP contribution < -0.4 is 20.1 Å². The maximum absolute atomic E-state index is 12.9. The van der Waals surface area contributed by atoms with Crippen molar-refractivity contribution < 1.29 is 14.3 Å². The first kappa shape index (κ1) is 20.3. The number of amides is 2. The van der Waals surface area contributed by atoms with Crippen molar-refractivity contribution in [3.8, 4) is 22.8 Å². The van der Waals surface area contributed by atoms with E-state index >= 15 is 0 Å². The average molecular weight is 415 g/mol. The molecule has 6 nitrogen and oxygen atoms in total. The predicted molar refractivity (Wildman–Crippen MR) is 125 cm³/mol. The summed E-state index contributed by atoms with van der Waals surface area (Å²) < 4.78 is 10.6. The topological polar surface area (TPSA) is 75.4 Å². The van der Waals surface area contributed by atoms with Gasteiger partial charge in [0.15, 0.2) is 11.5 Å². The Hall–Kier alpha value is -3.93. The lowest BCUT2D eigenvalue weighted by atomic mass is 10.1. The van der Waals surface area contributed by atoms with Gasteiger partial charge in [0.05, 0.1) is 25.6 Å². The number of urea groups is 1. The average Bonchev–Trinajstić information content (AvgIpc) is 3.17. The zero-order chi connectivity index (χ0) is 21.8. The lowest BCUT2D eigenvalue weighted by Crippen LogP contribution is -2.19. The van der Waals surface area contributed by atoms with Gasteiger partial charge in [-0.15, -0.1) is 0 Å². The fourth-order valence-corrected chi connectivity index (χ4v) is 3.59. The van der Waals surface area contributed by atoms with Gasteiger partial charge in [-0.1, -0.05) is 49.4 Å². The Morgan fingerprint density at radius 1 is 0.903 bits per heavy atom. The first-order valence-electron chi connectivity index (χ1n) is 10.1. The molecule has 31 heavy (non-hydrogen) atoms. The Balaban J connectivity index is 1.65. The summed E-state index contributed by atoms with van der Waals surface area (Å²) in [6.07, 6.45) is 0.978. The number of aromatic amines is 1. The van der Waals surface area contributed by atoms with Crippen molar-refractivity contribution in [3.05, 3.63) is 72.3 Å². The van der Waals surface area contributed by atoms with Gasteiger partial charge in [0.2, 0.25) is 0 Å². The van der Waals surface area contributed by atoms with E-state index < -0.39 is 0 Å². The number of fused-ring (bicyclic) bond motifs is 1. The van der Waals surface area contributed by atoms with E-state index in [1.165, 1.54) is 5.56 Å². The molecule has 0 saturated heterocycles. The lowest BCUT2D eigenvalue weighted by molar-refractivity contribution is 0.262. The number of para-hydroxylation sites is 1. The summed E-state index contributed by atoms with van der Waals surface area (Å²) in [6, 6.07) is 21.2. The molecule has 0 radical (unpaired) electrons. The number of benzene rings is 3. The van der Waals surface area contributed by atoms with Gasteiger partial charge in [-0.05, 0) is 30.2 Å². The Kier molecular flexibility index (Phi) is 5.80. The van der Waals surface area contributed by atoms with Crippen LogP contribution in [0.1, 0.15) is 12.5 Å². The molecule has 0 aliphatic carbocycles. The maximum atomic E-state index is 12.9. The van der Waals surface area contributed by atoms with Crippen molar-refractivity contribution >= 4 is 28.3 Å². The zero-order valence-corrected chi connectivity index (χ0v) is 17.8. The van der Waals surface area contributed by atoms with Gasteiger partial charge in [0.1, 0.15) is 0 Å². The number of aryl methyl sites for hydroxylation is 1. The van der Waals surface area contributed by atoms with E-state index in [0.29, 0.717) is 17.2 Å². The van der Waals surface area contributed by atoms with Crippen LogP contribution in [0.3, 0.4) is 0 Å². The van der Waals surface area contributed by atoms with E-state index in [1.54, 1.807) is 32.4 Å². The van der Waals surface area contributed by atoms with E-state index in [2.05, 4.69) is 46.8 Å². The Labute approximate surface area is 181 Å². The standard InChI is InChI=1S/C25H25N3O3/c1-4-16-9-11-17(12-10-16)23-24(19-7-5-6-8-20(19)27-23)28-25(29)26-18-13-14-21(30-2)22(15-18)31-3/h5-15,27H,4H2,1-3H3,(H2,26,28,29). The van der Waals surface area contributed by atoms with Crippen LogP contribution in [0.25, 0.3) is 22.2 Å². The van der Waals surface area contributed by atoms with Gasteiger partial charge in [-0.25, -0.2) is 4.79 Å². The van der Waals surface area contributed by atoms with Gasteiger partial charge >= 0.3 is 6.03 Å². The number of anilines is 2. The highest BCUT2D eigenvalue weighted by atomic mass is 16.5. The van der Waals surface area contributed by atoms with Crippen LogP contribution in [0.4, 0.5) is 16.2 Å². The van der Waals surface area contributed by atoms with Crippen LogP contribution in [-0.2, 0) is 6.42 Å². The zero-order valence-electron chi connectivity index (χ0n) is 17.8. The highest BCUT2D eigenvalue weighted by Crippen LogP contribution is 2.35. The number of hydrogen-bond acceptors (Lipinski definition) is 3. The number of hydrogen-bond donors (Lipinski definition) is 3. The summed E-state index contributed by atoms with van der Waals surface area (Å²) in [5.74, 6) is 1.15. The molecule has 0 atom stereocenters. The van der Waals surface area contributed by atoms with Crippen molar-refractivity contribution in [3.63, 3.8) is 0 Å². The summed E-state index contributed by atoms with van der Waals surface area (Å²) >= 11 is 0. The van der Waals surface area contributed by atoms with Crippen LogP contribution >= 0.6 is 0 Å². The second kappa shape index (κ2) is 8.83. The largest absolute Gasteiger partial charge is 0.493 e. The monoisotopic (exact) mass is 415 g/mol. The van der Waals surface area contributed by atoms with E-state index in [4.69, 9.17) is 9.47 Å². The quantitative estimate of drug-likeness (QED) is 0.358. The molecular formula is C25H25N3O3. The van der Waals surface area contributed by atoms with Gasteiger partial charge in [0, 0.05) is 28.2 Å². The number of rotatable bonds is 6. The molecule has 0 aliphatic heterocycles. The van der Waals surface area contributed by atoms with E-state index in [1.807, 2.05) is 24.3 Å².